The standard InChI is InChI=1S/C24H24N2O3S.CH3NOS/c1-18-13-14-22(28-2)21(15-18)25-23(27)17-29-24(30)26(20-11-7-4-8-12-20)16-19-9-5-3-6-10-19;2-1(3)4/h3-15H,16-17H2,1-2H3,(H,25,27);(H3,2,3,4). The molecular formula is C25H27N3O4S2. The van der Waals surface area contributed by atoms with Crippen LogP contribution in [0.15, 0.2) is 78.9 Å². The van der Waals surface area contributed by atoms with E-state index in [0.717, 1.165) is 16.8 Å². The molecule has 0 aromatic heterocycles. The van der Waals surface area contributed by atoms with E-state index >= 15 is 0 Å². The molecule has 0 aliphatic carbocycles. The summed E-state index contributed by atoms with van der Waals surface area (Å²) in [6.45, 7) is 2.28. The number of carbonyl (C=O) groups excluding carboxylic acids is 1. The van der Waals surface area contributed by atoms with Gasteiger partial charge >= 0.3 is 0 Å². The smallest absolute Gasteiger partial charge is 0.264 e. The number of nitrogens with zero attached hydrogens (tertiary/aromatic N) is 1. The van der Waals surface area contributed by atoms with Crippen LogP contribution in [0.2, 0.25) is 0 Å². The highest BCUT2D eigenvalue weighted by Gasteiger charge is 2.16. The van der Waals surface area contributed by atoms with Gasteiger partial charge in [-0.3, -0.25) is 9.69 Å². The van der Waals surface area contributed by atoms with Gasteiger partial charge in [-0.2, -0.15) is 0 Å². The molecule has 0 heterocycles. The molecule has 0 unspecified atom stereocenters. The molecule has 0 saturated carbocycles. The maximum atomic E-state index is 12.4. The topological polar surface area (TPSA) is 97.1 Å². The van der Waals surface area contributed by atoms with Crippen molar-refractivity contribution in [3.63, 3.8) is 0 Å². The van der Waals surface area contributed by atoms with E-state index in [0.29, 0.717) is 18.0 Å². The van der Waals surface area contributed by atoms with Crippen molar-refractivity contribution in [2.45, 2.75) is 13.5 Å². The van der Waals surface area contributed by atoms with Gasteiger partial charge in [0.2, 0.25) is 0 Å². The van der Waals surface area contributed by atoms with Crippen molar-refractivity contribution in [3.8, 4) is 5.75 Å². The van der Waals surface area contributed by atoms with Crippen molar-refractivity contribution >= 4 is 52.1 Å². The summed E-state index contributed by atoms with van der Waals surface area (Å²) in [5.74, 6) is 0.278. The number of para-hydroxylation sites is 1. The van der Waals surface area contributed by atoms with Crippen LogP contribution in [0.25, 0.3) is 0 Å². The molecule has 4 N–H and O–H groups in total. The van der Waals surface area contributed by atoms with Crippen molar-refractivity contribution in [3.05, 3.63) is 90.0 Å². The summed E-state index contributed by atoms with van der Waals surface area (Å²) in [4.78, 5) is 14.3. The maximum absolute atomic E-state index is 12.4. The van der Waals surface area contributed by atoms with E-state index in [1.54, 1.807) is 7.11 Å². The minimum atomic E-state index is -0.500. The second kappa shape index (κ2) is 13.8. The highest BCUT2D eigenvalue weighted by Crippen LogP contribution is 2.25. The van der Waals surface area contributed by atoms with Gasteiger partial charge in [-0.25, -0.2) is 0 Å². The Morgan fingerprint density at radius 3 is 2.21 bits per heavy atom. The van der Waals surface area contributed by atoms with E-state index in [9.17, 15) is 4.79 Å². The van der Waals surface area contributed by atoms with E-state index < -0.39 is 5.17 Å². The number of methoxy groups -OCH3 is 1. The number of aliphatic hydroxyl groups excluding tert-OH is 1. The lowest BCUT2D eigenvalue weighted by Gasteiger charge is -2.25. The Morgan fingerprint density at radius 2 is 1.62 bits per heavy atom. The molecule has 178 valence electrons. The Kier molecular flexibility index (Phi) is 10.8. The fourth-order valence-electron chi connectivity index (χ4n) is 2.95. The third kappa shape index (κ3) is 9.05. The monoisotopic (exact) mass is 497 g/mol. The minimum Gasteiger partial charge on any atom is -0.495 e. The first-order valence-corrected chi connectivity index (χ1v) is 11.1. The molecule has 0 aliphatic heterocycles. The van der Waals surface area contributed by atoms with Crippen molar-refractivity contribution in [2.24, 2.45) is 5.73 Å². The third-order valence-corrected chi connectivity index (χ3v) is 4.77. The van der Waals surface area contributed by atoms with Gasteiger partial charge in [0, 0.05) is 5.69 Å². The fraction of sp³-hybridized carbons (Fsp3) is 0.160. The van der Waals surface area contributed by atoms with E-state index in [1.165, 1.54) is 0 Å². The van der Waals surface area contributed by atoms with Gasteiger partial charge in [0.25, 0.3) is 16.3 Å². The Bertz CT molecular complexity index is 1090. The predicted octanol–water partition coefficient (Wildman–Crippen LogP) is 4.74. The number of ether oxygens (including phenoxy) is 2. The minimum absolute atomic E-state index is 0.200. The molecule has 0 aliphatic rings. The zero-order valence-corrected chi connectivity index (χ0v) is 20.6. The first kappa shape index (κ1) is 26.6. The summed E-state index contributed by atoms with van der Waals surface area (Å²) in [6, 6.07) is 25.3. The van der Waals surface area contributed by atoms with E-state index in [2.05, 4.69) is 23.3 Å². The second-order valence-corrected chi connectivity index (χ2v) is 7.82. The van der Waals surface area contributed by atoms with Gasteiger partial charge in [-0.1, -0.05) is 54.6 Å². The second-order valence-electron chi connectivity index (χ2n) is 7.05. The van der Waals surface area contributed by atoms with Gasteiger partial charge in [0.15, 0.2) is 6.61 Å². The molecule has 3 aromatic rings. The zero-order chi connectivity index (χ0) is 24.9. The number of rotatable bonds is 7. The lowest BCUT2D eigenvalue weighted by molar-refractivity contribution is -0.118. The molecule has 0 fully saturated rings. The van der Waals surface area contributed by atoms with Gasteiger partial charge < -0.3 is 25.6 Å². The number of benzene rings is 3. The molecule has 0 atom stereocenters. The summed E-state index contributed by atoms with van der Waals surface area (Å²) in [5, 5.41) is 10.1. The van der Waals surface area contributed by atoms with Crippen LogP contribution in [-0.2, 0) is 16.1 Å². The van der Waals surface area contributed by atoms with Gasteiger partial charge in [-0.05, 0) is 66.8 Å². The van der Waals surface area contributed by atoms with E-state index in [1.807, 2.05) is 90.7 Å². The molecule has 34 heavy (non-hydrogen) atoms. The summed E-state index contributed by atoms with van der Waals surface area (Å²) in [7, 11) is 1.56. The predicted molar refractivity (Wildman–Crippen MR) is 143 cm³/mol. The van der Waals surface area contributed by atoms with Crippen LogP contribution in [0, 0.1) is 6.92 Å². The number of amides is 1. The first-order chi connectivity index (χ1) is 16.3. The Morgan fingerprint density at radius 1 is 1.03 bits per heavy atom. The van der Waals surface area contributed by atoms with Gasteiger partial charge in [0.1, 0.15) is 5.75 Å². The molecule has 0 spiro atoms. The summed E-state index contributed by atoms with van der Waals surface area (Å²) in [6.07, 6.45) is 0. The van der Waals surface area contributed by atoms with E-state index in [-0.39, 0.29) is 17.7 Å². The number of carbonyl (C=O) groups is 1. The Hall–Kier alpha value is -3.69. The number of anilines is 2. The lowest BCUT2D eigenvalue weighted by Crippen LogP contribution is -2.33. The molecule has 3 aromatic carbocycles. The van der Waals surface area contributed by atoms with Crippen LogP contribution >= 0.6 is 24.4 Å². The lowest BCUT2D eigenvalue weighted by atomic mass is 10.2. The summed E-state index contributed by atoms with van der Waals surface area (Å²) in [5.41, 5.74) is 7.99. The highest BCUT2D eigenvalue weighted by atomic mass is 32.1. The molecule has 7 nitrogen and oxygen atoms in total. The molecule has 9 heteroatoms. The van der Waals surface area contributed by atoms with Crippen LogP contribution in [0.3, 0.4) is 0 Å². The molecule has 0 bridgehead atoms. The van der Waals surface area contributed by atoms with Gasteiger partial charge in [-0.15, -0.1) is 0 Å². The zero-order valence-electron chi connectivity index (χ0n) is 18.9. The van der Waals surface area contributed by atoms with E-state index in [4.69, 9.17) is 26.8 Å². The fourth-order valence-corrected chi connectivity index (χ4v) is 3.18. The first-order valence-electron chi connectivity index (χ1n) is 10.3. The van der Waals surface area contributed by atoms with Crippen LogP contribution in [0.1, 0.15) is 11.1 Å². The number of nitrogens with one attached hydrogen (secondary N) is 1. The number of aryl methyl sites for hydroxylation is 1. The molecule has 1 amide bonds. The van der Waals surface area contributed by atoms with Crippen LogP contribution in [0.4, 0.5) is 11.4 Å². The molecule has 0 radical (unpaired) electrons. The largest absolute Gasteiger partial charge is 0.495 e. The van der Waals surface area contributed by atoms with Crippen molar-refractivity contribution < 1.29 is 19.4 Å². The Balaban J connectivity index is 0.000000945. The number of hydrogen-bond donors (Lipinski definition) is 3. The molecule has 3 rings (SSSR count). The van der Waals surface area contributed by atoms with Crippen LogP contribution in [0.5, 0.6) is 5.75 Å². The average Bonchev–Trinajstić information content (AvgIpc) is 2.82. The van der Waals surface area contributed by atoms with Crippen LogP contribution in [-0.4, -0.2) is 35.1 Å². The SMILES string of the molecule is COc1ccc(C)cc1NC(=O)COC(=S)N(Cc1ccccc1)c1ccccc1.NC(O)=S. The average molecular weight is 498 g/mol. The highest BCUT2D eigenvalue weighted by molar-refractivity contribution is 7.80. The number of aliphatic hydroxyl groups is 1. The van der Waals surface area contributed by atoms with Crippen molar-refractivity contribution in [2.75, 3.05) is 23.9 Å². The maximum Gasteiger partial charge on any atom is 0.264 e. The van der Waals surface area contributed by atoms with Crippen molar-refractivity contribution in [1.29, 1.82) is 0 Å². The van der Waals surface area contributed by atoms with Crippen molar-refractivity contribution in [1.82, 2.24) is 0 Å². The molecular weight excluding hydrogens is 470 g/mol. The Labute approximate surface area is 210 Å². The third-order valence-electron chi connectivity index (χ3n) is 4.43. The number of nitrogens with two attached hydrogens (primary N) is 1. The quantitative estimate of drug-likeness (QED) is 0.403. The number of thiocarbonyl (C=S) groups is 2. The molecule has 0 saturated heterocycles. The van der Waals surface area contributed by atoms with Crippen LogP contribution < -0.4 is 20.7 Å². The normalized spacial score (nSPS) is 9.71. The summed E-state index contributed by atoms with van der Waals surface area (Å²) < 4.78 is 11.0. The number of hydrogen-bond acceptors (Lipinski definition) is 5. The van der Waals surface area contributed by atoms with Gasteiger partial charge in [0.05, 0.1) is 19.3 Å². The summed E-state index contributed by atoms with van der Waals surface area (Å²) >= 11 is 9.38.